The number of fused-ring (bicyclic) bond motifs is 1. The van der Waals surface area contributed by atoms with Gasteiger partial charge in [-0.1, -0.05) is 50.1 Å². The first-order chi connectivity index (χ1) is 15.6. The molecule has 0 radical (unpaired) electrons. The van der Waals surface area contributed by atoms with E-state index in [1.54, 1.807) is 18.4 Å². The summed E-state index contributed by atoms with van der Waals surface area (Å²) < 4.78 is 7.93. The fraction of sp³-hybridized carbons (Fsp3) is 0.370. The summed E-state index contributed by atoms with van der Waals surface area (Å²) in [6, 6.07) is 17.5. The minimum Gasteiger partial charge on any atom is -0.497 e. The number of nitrogens with zero attached hydrogens (tertiary/aromatic N) is 2. The van der Waals surface area contributed by atoms with Gasteiger partial charge in [-0.2, -0.15) is 0 Å². The standard InChI is InChI=1S/C27H31N3OS/c1-18-8-7-11-21(14-18)28-27-29-24(17-32-27)26-19(2)30(16-20-9-5-4-6-10-20)25-15-22(31-3)12-13-23(25)26/h4-6,9-10,12-13,15,17-18,21H,7-8,11,14,16H2,1-3H3,(H,28,29). The fourth-order valence-corrected chi connectivity index (χ4v) is 5.85. The highest BCUT2D eigenvalue weighted by Crippen LogP contribution is 2.38. The molecule has 2 atom stereocenters. The molecule has 0 bridgehead atoms. The van der Waals surface area contributed by atoms with Crippen molar-refractivity contribution < 1.29 is 4.74 Å². The summed E-state index contributed by atoms with van der Waals surface area (Å²) in [6.45, 7) is 5.39. The number of nitrogens with one attached hydrogen (secondary N) is 1. The Labute approximate surface area is 194 Å². The number of anilines is 1. The number of rotatable bonds is 6. The van der Waals surface area contributed by atoms with Gasteiger partial charge in [0.15, 0.2) is 5.13 Å². The Morgan fingerprint density at radius 2 is 2.00 bits per heavy atom. The third kappa shape index (κ3) is 4.14. The van der Waals surface area contributed by atoms with Crippen LogP contribution < -0.4 is 10.1 Å². The van der Waals surface area contributed by atoms with Crippen molar-refractivity contribution in [2.24, 2.45) is 5.92 Å². The number of benzene rings is 2. The monoisotopic (exact) mass is 445 g/mol. The van der Waals surface area contributed by atoms with Crippen LogP contribution in [0.2, 0.25) is 0 Å². The lowest BCUT2D eigenvalue weighted by molar-refractivity contribution is 0.358. The van der Waals surface area contributed by atoms with Crippen molar-refractivity contribution in [2.45, 2.75) is 52.1 Å². The zero-order chi connectivity index (χ0) is 22.1. The Morgan fingerprint density at radius 1 is 1.16 bits per heavy atom. The van der Waals surface area contributed by atoms with Crippen molar-refractivity contribution in [1.29, 1.82) is 0 Å². The molecule has 1 aliphatic carbocycles. The molecule has 2 unspecified atom stereocenters. The Bertz CT molecular complexity index is 1210. The van der Waals surface area contributed by atoms with Crippen molar-refractivity contribution in [3.8, 4) is 17.0 Å². The average molecular weight is 446 g/mol. The second kappa shape index (κ2) is 8.99. The highest BCUT2D eigenvalue weighted by atomic mass is 32.1. The summed E-state index contributed by atoms with van der Waals surface area (Å²) >= 11 is 1.72. The lowest BCUT2D eigenvalue weighted by atomic mass is 9.87. The lowest BCUT2D eigenvalue weighted by Crippen LogP contribution is -2.26. The molecular weight excluding hydrogens is 414 g/mol. The average Bonchev–Trinajstić information content (AvgIpc) is 3.36. The van der Waals surface area contributed by atoms with Crippen LogP contribution in [0.15, 0.2) is 53.9 Å². The second-order valence-corrected chi connectivity index (χ2v) is 9.92. The quantitative estimate of drug-likeness (QED) is 0.343. The minimum atomic E-state index is 0.544. The van der Waals surface area contributed by atoms with Crippen LogP contribution >= 0.6 is 11.3 Å². The molecule has 32 heavy (non-hydrogen) atoms. The SMILES string of the molecule is COc1ccc2c(-c3csc(NC4CCCC(C)C4)n3)c(C)n(Cc3ccccc3)c2c1. The maximum atomic E-state index is 5.54. The predicted molar refractivity (Wildman–Crippen MR) is 135 cm³/mol. The van der Waals surface area contributed by atoms with Gasteiger partial charge in [0.1, 0.15) is 5.75 Å². The van der Waals surface area contributed by atoms with Gasteiger partial charge in [0.25, 0.3) is 0 Å². The second-order valence-electron chi connectivity index (χ2n) is 9.07. The van der Waals surface area contributed by atoms with Gasteiger partial charge in [0.2, 0.25) is 0 Å². The first-order valence-electron chi connectivity index (χ1n) is 11.6. The molecule has 5 heteroatoms. The van der Waals surface area contributed by atoms with E-state index in [1.165, 1.54) is 53.4 Å². The van der Waals surface area contributed by atoms with E-state index in [1.807, 2.05) is 6.07 Å². The predicted octanol–water partition coefficient (Wildman–Crippen LogP) is 7.12. The van der Waals surface area contributed by atoms with E-state index < -0.39 is 0 Å². The Morgan fingerprint density at radius 3 is 2.78 bits per heavy atom. The van der Waals surface area contributed by atoms with E-state index in [9.17, 15) is 0 Å². The maximum absolute atomic E-state index is 5.54. The summed E-state index contributed by atoms with van der Waals surface area (Å²) in [5.74, 6) is 1.68. The van der Waals surface area contributed by atoms with Gasteiger partial charge >= 0.3 is 0 Å². The van der Waals surface area contributed by atoms with E-state index in [0.29, 0.717) is 6.04 Å². The van der Waals surface area contributed by atoms with Gasteiger partial charge in [-0.15, -0.1) is 11.3 Å². The van der Waals surface area contributed by atoms with Crippen molar-refractivity contribution in [3.05, 3.63) is 65.2 Å². The minimum absolute atomic E-state index is 0.544. The smallest absolute Gasteiger partial charge is 0.183 e. The molecule has 1 fully saturated rings. The highest BCUT2D eigenvalue weighted by molar-refractivity contribution is 7.14. The van der Waals surface area contributed by atoms with Crippen LogP contribution in [0.4, 0.5) is 5.13 Å². The molecule has 1 saturated carbocycles. The summed E-state index contributed by atoms with van der Waals surface area (Å²) in [6.07, 6.45) is 5.15. The number of hydrogen-bond donors (Lipinski definition) is 1. The molecular formula is C27H31N3OS. The van der Waals surface area contributed by atoms with E-state index >= 15 is 0 Å². The molecule has 2 aromatic heterocycles. The molecule has 0 saturated heterocycles. The summed E-state index contributed by atoms with van der Waals surface area (Å²) in [4.78, 5) is 5.04. The first-order valence-corrected chi connectivity index (χ1v) is 12.4. The molecule has 166 valence electrons. The molecule has 1 N–H and O–H groups in total. The highest BCUT2D eigenvalue weighted by Gasteiger charge is 2.22. The zero-order valence-corrected chi connectivity index (χ0v) is 19.9. The van der Waals surface area contributed by atoms with E-state index in [4.69, 9.17) is 9.72 Å². The lowest BCUT2D eigenvalue weighted by Gasteiger charge is -2.27. The normalized spacial score (nSPS) is 18.7. The topological polar surface area (TPSA) is 39.1 Å². The Balaban J connectivity index is 1.52. The third-order valence-corrected chi connectivity index (χ3v) is 7.51. The number of aromatic nitrogens is 2. The number of hydrogen-bond acceptors (Lipinski definition) is 4. The molecule has 0 amide bonds. The van der Waals surface area contributed by atoms with Crippen LogP contribution in [-0.2, 0) is 6.54 Å². The van der Waals surface area contributed by atoms with Crippen LogP contribution in [0.5, 0.6) is 5.75 Å². The van der Waals surface area contributed by atoms with Crippen LogP contribution in [0.1, 0.15) is 43.9 Å². The largest absolute Gasteiger partial charge is 0.497 e. The number of methoxy groups -OCH3 is 1. The van der Waals surface area contributed by atoms with Gasteiger partial charge < -0.3 is 14.6 Å². The molecule has 2 heterocycles. The zero-order valence-electron chi connectivity index (χ0n) is 19.1. The molecule has 4 aromatic rings. The molecule has 5 rings (SSSR count). The number of ether oxygens (including phenoxy) is 1. The Hall–Kier alpha value is -2.79. The van der Waals surface area contributed by atoms with Crippen LogP contribution in [0.25, 0.3) is 22.2 Å². The fourth-order valence-electron chi connectivity index (χ4n) is 5.07. The molecule has 1 aliphatic rings. The van der Waals surface area contributed by atoms with Gasteiger partial charge in [-0.25, -0.2) is 4.98 Å². The van der Waals surface area contributed by atoms with Crippen molar-refractivity contribution in [3.63, 3.8) is 0 Å². The van der Waals surface area contributed by atoms with Gasteiger partial charge in [-0.05, 0) is 43.4 Å². The third-order valence-electron chi connectivity index (χ3n) is 6.74. The molecule has 0 aliphatic heterocycles. The summed E-state index contributed by atoms with van der Waals surface area (Å²) in [7, 11) is 1.73. The summed E-state index contributed by atoms with van der Waals surface area (Å²) in [5.41, 5.74) is 5.99. The van der Waals surface area contributed by atoms with Crippen molar-refractivity contribution in [2.75, 3.05) is 12.4 Å². The number of thiazole rings is 1. The molecule has 2 aromatic carbocycles. The van der Waals surface area contributed by atoms with Gasteiger partial charge in [-0.3, -0.25) is 0 Å². The van der Waals surface area contributed by atoms with E-state index in [2.05, 4.69) is 71.6 Å². The molecule has 4 nitrogen and oxygen atoms in total. The first kappa shape index (κ1) is 21.1. The maximum Gasteiger partial charge on any atom is 0.183 e. The Kier molecular flexibility index (Phi) is 5.92. The van der Waals surface area contributed by atoms with Crippen molar-refractivity contribution >= 4 is 27.4 Å². The van der Waals surface area contributed by atoms with Crippen LogP contribution in [0, 0.1) is 12.8 Å². The van der Waals surface area contributed by atoms with Crippen molar-refractivity contribution in [1.82, 2.24) is 9.55 Å². The van der Waals surface area contributed by atoms with E-state index in [0.717, 1.165) is 29.0 Å². The van der Waals surface area contributed by atoms with Gasteiger partial charge in [0.05, 0.1) is 18.3 Å². The van der Waals surface area contributed by atoms with Crippen LogP contribution in [-0.4, -0.2) is 22.7 Å². The van der Waals surface area contributed by atoms with Crippen LogP contribution in [0.3, 0.4) is 0 Å². The molecule has 0 spiro atoms. The van der Waals surface area contributed by atoms with E-state index in [-0.39, 0.29) is 0 Å². The van der Waals surface area contributed by atoms with Gasteiger partial charge in [0, 0.05) is 40.7 Å². The summed E-state index contributed by atoms with van der Waals surface area (Å²) in [5, 5.41) is 8.18.